The number of hydrogen-bond donors (Lipinski definition) is 2. The second-order valence-electron chi connectivity index (χ2n) is 5.71. The van der Waals surface area contributed by atoms with Gasteiger partial charge >= 0.3 is 12.0 Å². The van der Waals surface area contributed by atoms with Gasteiger partial charge in [-0.1, -0.05) is 0 Å². The summed E-state index contributed by atoms with van der Waals surface area (Å²) in [6.07, 6.45) is 1.93. The van der Waals surface area contributed by atoms with E-state index in [1.807, 2.05) is 0 Å². The van der Waals surface area contributed by atoms with Gasteiger partial charge in [0.2, 0.25) is 0 Å². The summed E-state index contributed by atoms with van der Waals surface area (Å²) >= 11 is 0. The molecule has 8 heteroatoms. The molecule has 25 heavy (non-hydrogen) atoms. The van der Waals surface area contributed by atoms with E-state index in [1.165, 1.54) is 7.11 Å². The summed E-state index contributed by atoms with van der Waals surface area (Å²) in [7, 11) is 2.90. The third-order valence-electron chi connectivity index (χ3n) is 4.02. The Bertz CT molecular complexity index is 617. The molecule has 1 aliphatic heterocycles. The Morgan fingerprint density at radius 3 is 2.56 bits per heavy atom. The fraction of sp³-hybridized carbons (Fsp3) is 0.471. The van der Waals surface area contributed by atoms with E-state index in [1.54, 1.807) is 36.3 Å². The molecule has 1 aliphatic rings. The summed E-state index contributed by atoms with van der Waals surface area (Å²) in [6.45, 7) is 1.07. The topological polar surface area (TPSA) is 97.0 Å². The molecule has 2 rings (SSSR count). The van der Waals surface area contributed by atoms with Gasteiger partial charge in [0.05, 0.1) is 13.2 Å². The van der Waals surface area contributed by atoms with Crippen molar-refractivity contribution in [1.29, 1.82) is 0 Å². The van der Waals surface area contributed by atoms with Crippen molar-refractivity contribution in [3.63, 3.8) is 0 Å². The highest BCUT2D eigenvalue weighted by molar-refractivity contribution is 5.97. The van der Waals surface area contributed by atoms with Crippen molar-refractivity contribution in [3.8, 4) is 0 Å². The zero-order valence-corrected chi connectivity index (χ0v) is 14.4. The van der Waals surface area contributed by atoms with E-state index in [2.05, 4.69) is 15.4 Å². The van der Waals surface area contributed by atoms with Crippen LogP contribution in [0.5, 0.6) is 0 Å². The first kappa shape index (κ1) is 18.7. The average Bonchev–Trinajstić information content (AvgIpc) is 2.66. The van der Waals surface area contributed by atoms with Crippen LogP contribution < -0.4 is 10.6 Å². The van der Waals surface area contributed by atoms with Gasteiger partial charge in [0.1, 0.15) is 6.54 Å². The summed E-state index contributed by atoms with van der Waals surface area (Å²) in [4.78, 5) is 36.9. The Hall–Kier alpha value is -2.61. The largest absolute Gasteiger partial charge is 0.468 e. The third-order valence-corrected chi connectivity index (χ3v) is 4.02. The minimum absolute atomic E-state index is 0.0698. The summed E-state index contributed by atoms with van der Waals surface area (Å²) in [5.74, 6) is -0.907. The number of ether oxygens (including phenoxy) is 2. The van der Waals surface area contributed by atoms with E-state index in [0.717, 1.165) is 12.8 Å². The number of likely N-dealkylation sites (tertiary alicyclic amines) is 1. The number of nitrogens with zero attached hydrogens (tertiary/aromatic N) is 1. The van der Waals surface area contributed by atoms with E-state index in [9.17, 15) is 14.4 Å². The molecule has 136 valence electrons. The van der Waals surface area contributed by atoms with Crippen LogP contribution in [-0.2, 0) is 14.3 Å². The van der Waals surface area contributed by atoms with Crippen molar-refractivity contribution >= 4 is 23.6 Å². The lowest BCUT2D eigenvalue weighted by molar-refractivity contribution is -0.139. The fourth-order valence-corrected chi connectivity index (χ4v) is 2.55. The highest BCUT2D eigenvalue weighted by Gasteiger charge is 2.23. The molecular weight excluding hydrogens is 326 g/mol. The van der Waals surface area contributed by atoms with Crippen molar-refractivity contribution in [2.45, 2.75) is 18.9 Å². The van der Waals surface area contributed by atoms with Gasteiger partial charge < -0.3 is 25.0 Å². The molecule has 8 nitrogen and oxygen atoms in total. The smallest absolute Gasteiger partial charge is 0.325 e. The first-order chi connectivity index (χ1) is 12.0. The number of piperidine rings is 1. The summed E-state index contributed by atoms with van der Waals surface area (Å²) in [6, 6.07) is 6.25. The number of esters is 1. The first-order valence-corrected chi connectivity index (χ1v) is 8.07. The molecule has 1 fully saturated rings. The maximum absolute atomic E-state index is 12.3. The van der Waals surface area contributed by atoms with Gasteiger partial charge in [0.25, 0.3) is 5.91 Å². The van der Waals surface area contributed by atoms with Gasteiger partial charge in [-0.15, -0.1) is 0 Å². The lowest BCUT2D eigenvalue weighted by atomic mass is 10.1. The number of rotatable bonds is 5. The van der Waals surface area contributed by atoms with Crippen molar-refractivity contribution in [3.05, 3.63) is 29.8 Å². The van der Waals surface area contributed by atoms with Crippen LogP contribution in [0.3, 0.4) is 0 Å². The highest BCUT2D eigenvalue weighted by Crippen LogP contribution is 2.15. The number of benzene rings is 1. The van der Waals surface area contributed by atoms with Crippen LogP contribution in [-0.4, -0.2) is 62.8 Å². The van der Waals surface area contributed by atoms with E-state index in [0.29, 0.717) is 24.3 Å². The van der Waals surface area contributed by atoms with Gasteiger partial charge in [0, 0.05) is 31.5 Å². The van der Waals surface area contributed by atoms with Crippen molar-refractivity contribution in [2.24, 2.45) is 0 Å². The molecular formula is C17H23N3O5. The van der Waals surface area contributed by atoms with Crippen LogP contribution in [0.25, 0.3) is 0 Å². The lowest BCUT2D eigenvalue weighted by Gasteiger charge is -2.31. The molecule has 0 aliphatic carbocycles. The predicted molar refractivity (Wildman–Crippen MR) is 91.4 cm³/mol. The molecule has 1 saturated heterocycles. The number of carbonyl (C=O) groups excluding carboxylic acids is 3. The first-order valence-electron chi connectivity index (χ1n) is 8.07. The Kier molecular flexibility index (Phi) is 6.76. The number of amides is 3. The minimum atomic E-state index is -0.520. The fourth-order valence-electron chi connectivity index (χ4n) is 2.55. The van der Waals surface area contributed by atoms with Crippen LogP contribution in [0.4, 0.5) is 10.5 Å². The van der Waals surface area contributed by atoms with Crippen LogP contribution >= 0.6 is 0 Å². The van der Waals surface area contributed by atoms with E-state index < -0.39 is 5.97 Å². The van der Waals surface area contributed by atoms with E-state index >= 15 is 0 Å². The van der Waals surface area contributed by atoms with Crippen LogP contribution in [0.15, 0.2) is 24.3 Å². The minimum Gasteiger partial charge on any atom is -0.468 e. The van der Waals surface area contributed by atoms with Crippen LogP contribution in [0.2, 0.25) is 0 Å². The third kappa shape index (κ3) is 5.46. The molecule has 0 aromatic heterocycles. The number of urea groups is 1. The summed E-state index contributed by atoms with van der Waals surface area (Å²) in [5, 5.41) is 5.26. The van der Waals surface area contributed by atoms with Crippen molar-refractivity contribution < 1.29 is 23.9 Å². The Morgan fingerprint density at radius 2 is 1.92 bits per heavy atom. The molecule has 0 spiro atoms. The van der Waals surface area contributed by atoms with Crippen molar-refractivity contribution in [1.82, 2.24) is 10.2 Å². The molecule has 3 amide bonds. The Morgan fingerprint density at radius 1 is 1.20 bits per heavy atom. The van der Waals surface area contributed by atoms with Gasteiger partial charge in [-0.2, -0.15) is 0 Å². The number of carbonyl (C=O) groups is 3. The summed E-state index contributed by atoms with van der Waals surface area (Å²) in [5.41, 5.74) is 0.980. The van der Waals surface area contributed by atoms with Gasteiger partial charge in [-0.25, -0.2) is 4.79 Å². The molecule has 1 atom stereocenters. The van der Waals surface area contributed by atoms with Gasteiger partial charge in [-0.05, 0) is 37.1 Å². The predicted octanol–water partition coefficient (Wildman–Crippen LogP) is 1.23. The van der Waals surface area contributed by atoms with Crippen molar-refractivity contribution in [2.75, 3.05) is 39.2 Å². The maximum atomic E-state index is 12.3. The zero-order chi connectivity index (χ0) is 18.2. The average molecular weight is 349 g/mol. The Labute approximate surface area is 146 Å². The molecule has 0 bridgehead atoms. The molecule has 1 aromatic rings. The zero-order valence-electron chi connectivity index (χ0n) is 14.4. The second kappa shape index (κ2) is 9.03. The molecule has 0 saturated carbocycles. The molecule has 1 heterocycles. The number of methoxy groups -OCH3 is 2. The monoisotopic (exact) mass is 349 g/mol. The molecule has 0 unspecified atom stereocenters. The maximum Gasteiger partial charge on any atom is 0.325 e. The number of hydrogen-bond acceptors (Lipinski definition) is 5. The Balaban J connectivity index is 1.88. The molecule has 0 radical (unpaired) electrons. The number of anilines is 1. The van der Waals surface area contributed by atoms with E-state index in [-0.39, 0.29) is 24.6 Å². The lowest BCUT2D eigenvalue weighted by Crippen LogP contribution is -2.44. The standard InChI is InChI=1S/C17H23N3O5/c1-24-14-4-3-9-20(11-14)17(23)19-13-7-5-12(6-8-13)16(22)18-10-15(21)25-2/h5-8,14H,3-4,9-11H2,1-2H3,(H,18,22)(H,19,23)/t14-/m0/s1. The normalized spacial score (nSPS) is 16.9. The van der Waals surface area contributed by atoms with Crippen LogP contribution in [0, 0.1) is 0 Å². The van der Waals surface area contributed by atoms with Gasteiger partial charge in [0.15, 0.2) is 0 Å². The SMILES string of the molecule is COC(=O)CNC(=O)c1ccc(NC(=O)N2CCC[C@H](OC)C2)cc1. The summed E-state index contributed by atoms with van der Waals surface area (Å²) < 4.78 is 9.77. The molecule has 1 aromatic carbocycles. The molecule has 2 N–H and O–H groups in total. The highest BCUT2D eigenvalue weighted by atomic mass is 16.5. The van der Waals surface area contributed by atoms with Gasteiger partial charge in [-0.3, -0.25) is 9.59 Å². The number of nitrogens with one attached hydrogen (secondary N) is 2. The quantitative estimate of drug-likeness (QED) is 0.780. The van der Waals surface area contributed by atoms with E-state index in [4.69, 9.17) is 4.74 Å². The van der Waals surface area contributed by atoms with Crippen LogP contribution in [0.1, 0.15) is 23.2 Å². The second-order valence-corrected chi connectivity index (χ2v) is 5.71.